The summed E-state index contributed by atoms with van der Waals surface area (Å²) in [5.74, 6) is 1.17. The third-order valence-electron chi connectivity index (χ3n) is 2.25. The Hall–Kier alpha value is -0.150. The smallest absolute Gasteiger partial charge is 0.0341 e. The third kappa shape index (κ3) is 5.47. The molecule has 1 rings (SSSR count). The second-order valence-electron chi connectivity index (χ2n) is 3.52. The number of anilines is 1. The van der Waals surface area contributed by atoms with E-state index in [0.29, 0.717) is 0 Å². The molecule has 0 spiro atoms. The van der Waals surface area contributed by atoms with Crippen molar-refractivity contribution in [2.45, 2.75) is 25.5 Å². The van der Waals surface area contributed by atoms with Gasteiger partial charge in [0, 0.05) is 27.7 Å². The van der Waals surface area contributed by atoms with E-state index in [0.717, 1.165) is 16.3 Å². The van der Waals surface area contributed by atoms with Crippen LogP contribution in [-0.4, -0.2) is 17.5 Å². The molecule has 0 bridgehead atoms. The van der Waals surface area contributed by atoms with E-state index in [9.17, 15) is 0 Å². The van der Waals surface area contributed by atoms with Gasteiger partial charge in [-0.2, -0.15) is 11.8 Å². The second-order valence-corrected chi connectivity index (χ2v) is 5.99. The van der Waals surface area contributed by atoms with Crippen LogP contribution in [0, 0.1) is 0 Å². The Morgan fingerprint density at radius 3 is 2.60 bits per heavy atom. The van der Waals surface area contributed by atoms with Crippen LogP contribution in [0.15, 0.2) is 28.7 Å². The minimum atomic E-state index is 0.775. The fourth-order valence-corrected chi connectivity index (χ4v) is 2.26. The maximum absolute atomic E-state index is 3.42. The van der Waals surface area contributed by atoms with Gasteiger partial charge in [0.15, 0.2) is 0 Å². The van der Waals surface area contributed by atoms with E-state index in [1.54, 1.807) is 0 Å². The summed E-state index contributed by atoms with van der Waals surface area (Å²) < 4.78 is 1.13. The molecule has 1 atom stereocenters. The first-order valence-corrected chi connectivity index (χ1v) is 7.17. The van der Waals surface area contributed by atoms with Crippen molar-refractivity contribution in [3.8, 4) is 0 Å². The Labute approximate surface area is 105 Å². The molecule has 0 fully saturated rings. The number of halogens is 1. The zero-order valence-electron chi connectivity index (χ0n) is 9.29. The fourth-order valence-electron chi connectivity index (χ4n) is 1.14. The summed E-state index contributed by atoms with van der Waals surface area (Å²) in [7, 11) is 0. The van der Waals surface area contributed by atoms with E-state index < -0.39 is 0 Å². The molecule has 0 aliphatic heterocycles. The molecule has 0 saturated heterocycles. The van der Waals surface area contributed by atoms with Gasteiger partial charge in [0.1, 0.15) is 0 Å². The highest BCUT2D eigenvalue weighted by Gasteiger charge is 1.98. The molecule has 3 heteroatoms. The second kappa shape index (κ2) is 7.18. The Kier molecular flexibility index (Phi) is 6.18. The summed E-state index contributed by atoms with van der Waals surface area (Å²) in [5, 5.41) is 4.18. The standard InChI is InChI=1S/C12H18BrNS/c1-3-10(2)15-9-8-14-12-6-4-11(13)5-7-12/h4-7,10,14H,3,8-9H2,1-2H3. The van der Waals surface area contributed by atoms with E-state index in [4.69, 9.17) is 0 Å². The molecule has 0 radical (unpaired) electrons. The van der Waals surface area contributed by atoms with Gasteiger partial charge in [-0.3, -0.25) is 0 Å². The van der Waals surface area contributed by atoms with E-state index in [-0.39, 0.29) is 0 Å². The summed E-state index contributed by atoms with van der Waals surface area (Å²) in [6, 6.07) is 8.31. The molecule has 0 saturated carbocycles. The lowest BCUT2D eigenvalue weighted by atomic mass is 10.3. The highest BCUT2D eigenvalue weighted by molar-refractivity contribution is 9.10. The Bertz CT molecular complexity index is 273. The average molecular weight is 288 g/mol. The van der Waals surface area contributed by atoms with Crippen LogP contribution in [0.1, 0.15) is 20.3 Å². The molecular formula is C12H18BrNS. The molecular weight excluding hydrogens is 270 g/mol. The van der Waals surface area contributed by atoms with Gasteiger partial charge in [0.05, 0.1) is 0 Å². The third-order valence-corrected chi connectivity index (χ3v) is 4.12. The summed E-state index contributed by atoms with van der Waals surface area (Å²) in [5.41, 5.74) is 1.20. The number of benzene rings is 1. The number of hydrogen-bond donors (Lipinski definition) is 1. The molecule has 0 aromatic heterocycles. The van der Waals surface area contributed by atoms with Crippen molar-refractivity contribution < 1.29 is 0 Å². The summed E-state index contributed by atoms with van der Waals surface area (Å²) in [6.45, 7) is 5.56. The first-order valence-electron chi connectivity index (χ1n) is 5.33. The minimum Gasteiger partial charge on any atom is -0.384 e. The van der Waals surface area contributed by atoms with E-state index in [2.05, 4.69) is 59.4 Å². The van der Waals surface area contributed by atoms with Crippen molar-refractivity contribution in [2.75, 3.05) is 17.6 Å². The van der Waals surface area contributed by atoms with Gasteiger partial charge in [0.2, 0.25) is 0 Å². The van der Waals surface area contributed by atoms with Gasteiger partial charge in [-0.05, 0) is 30.7 Å². The van der Waals surface area contributed by atoms with Crippen LogP contribution in [0.5, 0.6) is 0 Å². The molecule has 0 aliphatic rings. The predicted octanol–water partition coefficient (Wildman–Crippen LogP) is 4.39. The van der Waals surface area contributed by atoms with Gasteiger partial charge >= 0.3 is 0 Å². The molecule has 1 aromatic carbocycles. The van der Waals surface area contributed by atoms with Gasteiger partial charge in [-0.15, -0.1) is 0 Å². The van der Waals surface area contributed by atoms with Crippen molar-refractivity contribution in [1.82, 2.24) is 0 Å². The highest BCUT2D eigenvalue weighted by atomic mass is 79.9. The highest BCUT2D eigenvalue weighted by Crippen LogP contribution is 2.15. The summed E-state index contributed by atoms with van der Waals surface area (Å²) in [6.07, 6.45) is 1.25. The number of thioether (sulfide) groups is 1. The Balaban J connectivity index is 2.17. The summed E-state index contributed by atoms with van der Waals surface area (Å²) >= 11 is 5.45. The summed E-state index contributed by atoms with van der Waals surface area (Å²) in [4.78, 5) is 0. The molecule has 1 aromatic rings. The van der Waals surface area contributed by atoms with Crippen molar-refractivity contribution in [3.63, 3.8) is 0 Å². The van der Waals surface area contributed by atoms with Crippen molar-refractivity contribution >= 4 is 33.4 Å². The zero-order valence-corrected chi connectivity index (χ0v) is 11.7. The van der Waals surface area contributed by atoms with Crippen LogP contribution < -0.4 is 5.32 Å². The molecule has 1 N–H and O–H groups in total. The average Bonchev–Trinajstić information content (AvgIpc) is 2.26. The first kappa shape index (κ1) is 12.9. The van der Waals surface area contributed by atoms with Gasteiger partial charge < -0.3 is 5.32 Å². The molecule has 84 valence electrons. The van der Waals surface area contributed by atoms with Crippen molar-refractivity contribution in [2.24, 2.45) is 0 Å². The first-order chi connectivity index (χ1) is 7.22. The number of nitrogens with one attached hydrogen (secondary N) is 1. The lowest BCUT2D eigenvalue weighted by Gasteiger charge is -2.09. The molecule has 1 unspecified atom stereocenters. The minimum absolute atomic E-state index is 0.775. The number of hydrogen-bond acceptors (Lipinski definition) is 2. The van der Waals surface area contributed by atoms with Gasteiger partial charge in [-0.25, -0.2) is 0 Å². The van der Waals surface area contributed by atoms with Gasteiger partial charge in [0.25, 0.3) is 0 Å². The molecule has 0 amide bonds. The molecule has 15 heavy (non-hydrogen) atoms. The van der Waals surface area contributed by atoms with Crippen LogP contribution in [0.2, 0.25) is 0 Å². The topological polar surface area (TPSA) is 12.0 Å². The maximum atomic E-state index is 3.42. The lowest BCUT2D eigenvalue weighted by molar-refractivity contribution is 0.905. The van der Waals surface area contributed by atoms with Crippen LogP contribution >= 0.6 is 27.7 Å². The van der Waals surface area contributed by atoms with Gasteiger partial charge in [-0.1, -0.05) is 29.8 Å². The van der Waals surface area contributed by atoms with Crippen LogP contribution in [0.4, 0.5) is 5.69 Å². The van der Waals surface area contributed by atoms with Crippen molar-refractivity contribution in [1.29, 1.82) is 0 Å². The predicted molar refractivity (Wildman–Crippen MR) is 74.8 cm³/mol. The fraction of sp³-hybridized carbons (Fsp3) is 0.500. The number of rotatable bonds is 6. The van der Waals surface area contributed by atoms with Crippen LogP contribution in [-0.2, 0) is 0 Å². The van der Waals surface area contributed by atoms with E-state index in [1.807, 2.05) is 11.8 Å². The maximum Gasteiger partial charge on any atom is 0.0341 e. The quantitative estimate of drug-likeness (QED) is 0.779. The van der Waals surface area contributed by atoms with Crippen LogP contribution in [0.3, 0.4) is 0 Å². The SMILES string of the molecule is CCC(C)SCCNc1ccc(Br)cc1. The zero-order chi connectivity index (χ0) is 11.1. The van der Waals surface area contributed by atoms with E-state index >= 15 is 0 Å². The van der Waals surface area contributed by atoms with E-state index in [1.165, 1.54) is 17.9 Å². The largest absolute Gasteiger partial charge is 0.384 e. The normalized spacial score (nSPS) is 12.5. The molecule has 0 aliphatic carbocycles. The van der Waals surface area contributed by atoms with Crippen molar-refractivity contribution in [3.05, 3.63) is 28.7 Å². The Morgan fingerprint density at radius 1 is 1.33 bits per heavy atom. The monoisotopic (exact) mass is 287 g/mol. The Morgan fingerprint density at radius 2 is 2.00 bits per heavy atom. The molecule has 1 nitrogen and oxygen atoms in total. The van der Waals surface area contributed by atoms with Crippen LogP contribution in [0.25, 0.3) is 0 Å². The molecule has 0 heterocycles. The lowest BCUT2D eigenvalue weighted by Crippen LogP contribution is -2.06.